The molecule has 164 valence electrons. The van der Waals surface area contributed by atoms with Crippen molar-refractivity contribution in [2.45, 2.75) is 25.8 Å². The van der Waals surface area contributed by atoms with Crippen LogP contribution in [0.3, 0.4) is 0 Å². The summed E-state index contributed by atoms with van der Waals surface area (Å²) in [6.45, 7) is 4.21. The van der Waals surface area contributed by atoms with E-state index in [1.54, 1.807) is 24.3 Å². The Bertz CT molecular complexity index is 1200. The fraction of sp³-hybridized carbons (Fsp3) is 0.261. The normalized spacial score (nSPS) is 15.2. The van der Waals surface area contributed by atoms with E-state index >= 15 is 0 Å². The summed E-state index contributed by atoms with van der Waals surface area (Å²) in [7, 11) is 2.78. The lowest BCUT2D eigenvalue weighted by Crippen LogP contribution is -2.33. The quantitative estimate of drug-likeness (QED) is 0.467. The minimum absolute atomic E-state index is 0.000515. The Kier molecular flexibility index (Phi) is 5.72. The zero-order valence-electron chi connectivity index (χ0n) is 18.2. The second kappa shape index (κ2) is 8.62. The first-order valence-electron chi connectivity index (χ1n) is 10.1. The van der Waals surface area contributed by atoms with Gasteiger partial charge in [-0.15, -0.1) is 0 Å². The lowest BCUT2D eigenvalue weighted by molar-refractivity contribution is -0.136. The number of Topliss-reactive ketones (excluding diaryl/α,β-unsaturated/α-hetero) is 1. The average Bonchev–Trinajstić information content (AvgIpc) is 3.30. The second-order valence-electron chi connectivity index (χ2n) is 7.64. The van der Waals surface area contributed by atoms with Crippen LogP contribution in [0, 0.1) is 0 Å². The van der Waals surface area contributed by atoms with E-state index in [2.05, 4.69) is 34.7 Å². The van der Waals surface area contributed by atoms with Crippen molar-refractivity contribution in [3.05, 3.63) is 76.5 Å². The Labute approximate surface area is 185 Å². The molecule has 1 aromatic heterocycles. The molecule has 3 aromatic rings. The van der Waals surface area contributed by atoms with Gasteiger partial charge in [-0.1, -0.05) is 55.3 Å². The standard InChI is InChI=1S/C23H23N5O4/c1-13(2)14-8-10-15(11-9-14)20-18(21(29)16-6-5-7-17(12-16)31-3)19(22(30)32-4)24-23-25-26-27-28(20)23/h5-13,20H,1-4H3,(H,24,25,27)/t20-/m0/s1. The SMILES string of the molecule is COC(=O)C1=C(C(=O)c2cccc(OC)c2)[C@H](c2ccc(C(C)C)cc2)n2nnnc2N1. The molecule has 0 radical (unpaired) electrons. The number of esters is 1. The summed E-state index contributed by atoms with van der Waals surface area (Å²) in [5.74, 6) is 0.0659. The summed E-state index contributed by atoms with van der Waals surface area (Å²) in [6.07, 6.45) is 0. The van der Waals surface area contributed by atoms with E-state index < -0.39 is 12.0 Å². The van der Waals surface area contributed by atoms with Crippen molar-refractivity contribution < 1.29 is 19.1 Å². The summed E-state index contributed by atoms with van der Waals surface area (Å²) < 4.78 is 11.7. The Balaban J connectivity index is 1.91. The molecule has 0 saturated carbocycles. The molecule has 0 bridgehead atoms. The highest BCUT2D eigenvalue weighted by Gasteiger charge is 2.38. The summed E-state index contributed by atoms with van der Waals surface area (Å²) in [6, 6.07) is 13.9. The van der Waals surface area contributed by atoms with Crippen LogP contribution in [0.1, 0.15) is 47.3 Å². The fourth-order valence-corrected chi connectivity index (χ4v) is 3.68. The zero-order chi connectivity index (χ0) is 22.8. The van der Waals surface area contributed by atoms with Crippen LogP contribution in [-0.2, 0) is 9.53 Å². The molecule has 1 aliphatic heterocycles. The van der Waals surface area contributed by atoms with Gasteiger partial charge in [0.25, 0.3) is 0 Å². The van der Waals surface area contributed by atoms with Crippen LogP contribution < -0.4 is 10.1 Å². The number of hydrogen-bond acceptors (Lipinski definition) is 8. The number of rotatable bonds is 6. The second-order valence-corrected chi connectivity index (χ2v) is 7.64. The summed E-state index contributed by atoms with van der Waals surface area (Å²) in [4.78, 5) is 26.4. The number of allylic oxidation sites excluding steroid dienone is 1. The maximum absolute atomic E-state index is 13.7. The zero-order valence-corrected chi connectivity index (χ0v) is 18.2. The molecule has 32 heavy (non-hydrogen) atoms. The van der Waals surface area contributed by atoms with E-state index in [1.807, 2.05) is 24.3 Å². The molecule has 0 aliphatic carbocycles. The van der Waals surface area contributed by atoms with Gasteiger partial charge in [0.1, 0.15) is 17.5 Å². The number of ketones is 1. The molecule has 9 nitrogen and oxygen atoms in total. The van der Waals surface area contributed by atoms with Crippen molar-refractivity contribution in [1.82, 2.24) is 20.2 Å². The van der Waals surface area contributed by atoms with Gasteiger partial charge in [0.15, 0.2) is 5.78 Å². The number of nitrogens with zero attached hydrogens (tertiary/aromatic N) is 4. The van der Waals surface area contributed by atoms with Crippen molar-refractivity contribution in [3.8, 4) is 5.75 Å². The molecular formula is C23H23N5O4. The number of hydrogen-bond donors (Lipinski definition) is 1. The van der Waals surface area contributed by atoms with Gasteiger partial charge >= 0.3 is 5.97 Å². The molecule has 9 heteroatoms. The molecular weight excluding hydrogens is 410 g/mol. The van der Waals surface area contributed by atoms with Crippen LogP contribution in [0.15, 0.2) is 59.8 Å². The number of fused-ring (bicyclic) bond motifs is 1. The number of benzene rings is 2. The van der Waals surface area contributed by atoms with Crippen molar-refractivity contribution in [3.63, 3.8) is 0 Å². The van der Waals surface area contributed by atoms with Crippen LogP contribution in [0.2, 0.25) is 0 Å². The maximum atomic E-state index is 13.7. The molecule has 2 aromatic carbocycles. The lowest BCUT2D eigenvalue weighted by Gasteiger charge is -2.28. The third-order valence-corrected chi connectivity index (χ3v) is 5.40. The number of tetrazole rings is 1. The third kappa shape index (κ3) is 3.73. The van der Waals surface area contributed by atoms with Gasteiger partial charge in [0.05, 0.1) is 19.8 Å². The van der Waals surface area contributed by atoms with E-state index in [9.17, 15) is 9.59 Å². The molecule has 0 fully saturated rings. The van der Waals surface area contributed by atoms with Crippen LogP contribution in [-0.4, -0.2) is 46.2 Å². The van der Waals surface area contributed by atoms with Crippen LogP contribution in [0.5, 0.6) is 5.75 Å². The predicted octanol–water partition coefficient (Wildman–Crippen LogP) is 3.13. The molecule has 2 heterocycles. The molecule has 1 atom stereocenters. The van der Waals surface area contributed by atoms with E-state index in [-0.39, 0.29) is 23.0 Å². The highest BCUT2D eigenvalue weighted by molar-refractivity contribution is 6.15. The molecule has 4 rings (SSSR count). The first kappa shape index (κ1) is 21.2. The van der Waals surface area contributed by atoms with Crippen LogP contribution in [0.25, 0.3) is 0 Å². The molecule has 0 saturated heterocycles. The number of nitrogens with one attached hydrogen (secondary N) is 1. The number of anilines is 1. The number of carbonyl (C=O) groups is 2. The Morgan fingerprint density at radius 1 is 1.09 bits per heavy atom. The van der Waals surface area contributed by atoms with E-state index in [0.29, 0.717) is 17.2 Å². The topological polar surface area (TPSA) is 108 Å². The molecule has 0 spiro atoms. The van der Waals surface area contributed by atoms with E-state index in [0.717, 1.165) is 11.1 Å². The monoisotopic (exact) mass is 433 g/mol. The van der Waals surface area contributed by atoms with Crippen LogP contribution >= 0.6 is 0 Å². The minimum atomic E-state index is -0.727. The van der Waals surface area contributed by atoms with Gasteiger partial charge in [0.2, 0.25) is 5.95 Å². The molecule has 1 N–H and O–H groups in total. The van der Waals surface area contributed by atoms with Gasteiger partial charge < -0.3 is 14.8 Å². The van der Waals surface area contributed by atoms with Gasteiger partial charge in [-0.3, -0.25) is 4.79 Å². The van der Waals surface area contributed by atoms with Crippen molar-refractivity contribution in [2.75, 3.05) is 19.5 Å². The summed E-state index contributed by atoms with van der Waals surface area (Å²) in [5, 5.41) is 14.6. The first-order chi connectivity index (χ1) is 15.4. The molecule has 0 unspecified atom stereocenters. The number of methoxy groups -OCH3 is 2. The number of carbonyl (C=O) groups excluding carboxylic acids is 2. The summed E-state index contributed by atoms with van der Waals surface area (Å²) in [5.41, 5.74) is 2.46. The first-order valence-corrected chi connectivity index (χ1v) is 10.1. The van der Waals surface area contributed by atoms with E-state index in [4.69, 9.17) is 9.47 Å². The average molecular weight is 433 g/mol. The van der Waals surface area contributed by atoms with Gasteiger partial charge in [-0.05, 0) is 39.6 Å². The predicted molar refractivity (Wildman–Crippen MR) is 116 cm³/mol. The lowest BCUT2D eigenvalue weighted by atomic mass is 9.88. The molecule has 0 amide bonds. The van der Waals surface area contributed by atoms with Crippen LogP contribution in [0.4, 0.5) is 5.95 Å². The fourth-order valence-electron chi connectivity index (χ4n) is 3.68. The Hall–Kier alpha value is -4.01. The Morgan fingerprint density at radius 2 is 1.84 bits per heavy atom. The highest BCUT2D eigenvalue weighted by Crippen LogP contribution is 2.37. The largest absolute Gasteiger partial charge is 0.497 e. The third-order valence-electron chi connectivity index (χ3n) is 5.40. The Morgan fingerprint density at radius 3 is 2.50 bits per heavy atom. The smallest absolute Gasteiger partial charge is 0.355 e. The van der Waals surface area contributed by atoms with Gasteiger partial charge in [-0.2, -0.15) is 4.68 Å². The minimum Gasteiger partial charge on any atom is -0.497 e. The van der Waals surface area contributed by atoms with Gasteiger partial charge in [0, 0.05) is 5.56 Å². The summed E-state index contributed by atoms with van der Waals surface area (Å²) >= 11 is 0. The van der Waals surface area contributed by atoms with Crippen molar-refractivity contribution >= 4 is 17.7 Å². The van der Waals surface area contributed by atoms with E-state index in [1.165, 1.54) is 18.9 Å². The van der Waals surface area contributed by atoms with Gasteiger partial charge in [-0.25, -0.2) is 4.79 Å². The van der Waals surface area contributed by atoms with Crippen molar-refractivity contribution in [1.29, 1.82) is 0 Å². The van der Waals surface area contributed by atoms with Crippen molar-refractivity contribution in [2.24, 2.45) is 0 Å². The highest BCUT2D eigenvalue weighted by atomic mass is 16.5. The number of ether oxygens (including phenoxy) is 2. The number of aromatic nitrogens is 4. The maximum Gasteiger partial charge on any atom is 0.355 e. The molecule has 1 aliphatic rings.